The minimum Gasteiger partial charge on any atom is -0.326 e. The number of nitrogens with one attached hydrogen (secondary N) is 2. The molecule has 2 rings (SSSR count). The third kappa shape index (κ3) is 2.93. The number of hydrogen-bond donors (Lipinski definition) is 2. The van der Waals surface area contributed by atoms with Crippen molar-refractivity contribution in [3.05, 3.63) is 51.9 Å². The Morgan fingerprint density at radius 2 is 2.00 bits per heavy atom. The molecule has 0 amide bonds. The summed E-state index contributed by atoms with van der Waals surface area (Å²) in [5, 5.41) is 3.08. The van der Waals surface area contributed by atoms with Crippen LogP contribution in [0.15, 0.2) is 35.1 Å². The van der Waals surface area contributed by atoms with Crippen molar-refractivity contribution in [2.75, 3.05) is 5.32 Å². The molecule has 0 saturated heterocycles. The molecule has 0 bridgehead atoms. The Morgan fingerprint density at radius 1 is 1.29 bits per heavy atom. The highest BCUT2D eigenvalue weighted by Gasteiger charge is 2.00. The first-order valence-electron chi connectivity index (χ1n) is 5.61. The van der Waals surface area contributed by atoms with E-state index in [1.165, 1.54) is 11.6 Å². The van der Waals surface area contributed by atoms with E-state index >= 15 is 0 Å². The van der Waals surface area contributed by atoms with Crippen LogP contribution in [0.3, 0.4) is 0 Å². The summed E-state index contributed by atoms with van der Waals surface area (Å²) in [5.41, 5.74) is 2.75. The van der Waals surface area contributed by atoms with Crippen molar-refractivity contribution >= 4 is 11.6 Å². The van der Waals surface area contributed by atoms with Crippen molar-refractivity contribution in [2.45, 2.75) is 20.3 Å². The summed E-state index contributed by atoms with van der Waals surface area (Å²) >= 11 is 0. The van der Waals surface area contributed by atoms with Gasteiger partial charge in [-0.05, 0) is 25.5 Å². The van der Waals surface area contributed by atoms with Gasteiger partial charge in [-0.15, -0.1) is 0 Å². The highest BCUT2D eigenvalue weighted by atomic mass is 16.1. The van der Waals surface area contributed by atoms with Crippen LogP contribution in [-0.2, 0) is 6.42 Å². The van der Waals surface area contributed by atoms with E-state index < -0.39 is 0 Å². The fraction of sp³-hybridized carbons (Fsp3) is 0.231. The molecule has 0 saturated carbocycles. The lowest BCUT2D eigenvalue weighted by molar-refractivity contribution is 0.986. The molecule has 4 heteroatoms. The highest BCUT2D eigenvalue weighted by molar-refractivity contribution is 5.53. The summed E-state index contributed by atoms with van der Waals surface area (Å²) in [6.07, 6.45) is 0.743. The third-order valence-corrected chi connectivity index (χ3v) is 2.47. The predicted octanol–water partition coefficient (Wildman–Crippen LogP) is 2.38. The number of nitrogens with zero attached hydrogens (tertiary/aromatic N) is 1. The Hall–Kier alpha value is -2.10. The van der Waals surface area contributed by atoms with E-state index in [1.54, 1.807) is 0 Å². The summed E-state index contributed by atoms with van der Waals surface area (Å²) in [7, 11) is 0. The van der Waals surface area contributed by atoms with Crippen molar-refractivity contribution in [3.63, 3.8) is 0 Å². The zero-order valence-electron chi connectivity index (χ0n) is 9.95. The molecule has 1 aromatic heterocycles. The van der Waals surface area contributed by atoms with Gasteiger partial charge >= 0.3 is 0 Å². The van der Waals surface area contributed by atoms with Crippen molar-refractivity contribution in [1.82, 2.24) is 9.97 Å². The van der Waals surface area contributed by atoms with E-state index in [1.807, 2.05) is 38.1 Å². The van der Waals surface area contributed by atoms with Gasteiger partial charge in [-0.1, -0.05) is 24.6 Å². The lowest BCUT2D eigenvalue weighted by Crippen LogP contribution is -2.11. The Labute approximate surface area is 99.7 Å². The number of H-pyrrole nitrogens is 1. The van der Waals surface area contributed by atoms with Crippen molar-refractivity contribution < 1.29 is 0 Å². The maximum absolute atomic E-state index is 11.4. The first-order valence-corrected chi connectivity index (χ1v) is 5.61. The number of aryl methyl sites for hydroxylation is 2. The quantitative estimate of drug-likeness (QED) is 0.849. The van der Waals surface area contributed by atoms with Gasteiger partial charge in [0.25, 0.3) is 5.56 Å². The van der Waals surface area contributed by atoms with Gasteiger partial charge in [0.2, 0.25) is 5.95 Å². The molecule has 0 spiro atoms. The van der Waals surface area contributed by atoms with Crippen molar-refractivity contribution in [2.24, 2.45) is 0 Å². The fourth-order valence-corrected chi connectivity index (χ4v) is 1.52. The minimum absolute atomic E-state index is 0.133. The van der Waals surface area contributed by atoms with E-state index in [-0.39, 0.29) is 5.56 Å². The summed E-state index contributed by atoms with van der Waals surface area (Å²) in [6.45, 7) is 4.00. The van der Waals surface area contributed by atoms with E-state index in [2.05, 4.69) is 15.3 Å². The number of aromatic amines is 1. The number of aromatic nitrogens is 2. The van der Waals surface area contributed by atoms with Gasteiger partial charge in [-0.3, -0.25) is 9.78 Å². The number of benzene rings is 1. The SMILES string of the molecule is CCc1cc(=O)[nH]c(Nc2ccc(C)cc2)n1. The van der Waals surface area contributed by atoms with Crippen LogP contribution in [0.25, 0.3) is 0 Å². The van der Waals surface area contributed by atoms with E-state index in [0.29, 0.717) is 5.95 Å². The monoisotopic (exact) mass is 229 g/mol. The molecule has 0 unspecified atom stereocenters. The standard InChI is InChI=1S/C13H15N3O/c1-3-10-8-12(17)16-13(14-10)15-11-6-4-9(2)5-7-11/h4-8H,3H2,1-2H3,(H2,14,15,16,17). The van der Waals surface area contributed by atoms with Crippen molar-refractivity contribution in [3.8, 4) is 0 Å². The molecule has 0 aliphatic heterocycles. The molecular weight excluding hydrogens is 214 g/mol. The minimum atomic E-state index is -0.133. The number of anilines is 2. The molecule has 4 nitrogen and oxygen atoms in total. The Bertz CT molecular complexity index is 558. The zero-order valence-corrected chi connectivity index (χ0v) is 9.95. The Kier molecular flexibility index (Phi) is 3.23. The third-order valence-electron chi connectivity index (χ3n) is 2.47. The molecule has 0 aliphatic carbocycles. The van der Waals surface area contributed by atoms with Crippen molar-refractivity contribution in [1.29, 1.82) is 0 Å². The Balaban J connectivity index is 2.26. The van der Waals surface area contributed by atoms with Gasteiger partial charge in [0.1, 0.15) is 0 Å². The van der Waals surface area contributed by atoms with Crippen LogP contribution in [0.5, 0.6) is 0 Å². The second kappa shape index (κ2) is 4.82. The highest BCUT2D eigenvalue weighted by Crippen LogP contribution is 2.12. The molecule has 88 valence electrons. The summed E-state index contributed by atoms with van der Waals surface area (Å²) < 4.78 is 0. The second-order valence-electron chi connectivity index (χ2n) is 3.93. The summed E-state index contributed by atoms with van der Waals surface area (Å²) in [6, 6.07) is 9.43. The van der Waals surface area contributed by atoms with Gasteiger partial charge in [0, 0.05) is 17.4 Å². The van der Waals surface area contributed by atoms with Crippen LogP contribution in [0.4, 0.5) is 11.6 Å². The largest absolute Gasteiger partial charge is 0.326 e. The molecule has 0 atom stereocenters. The average molecular weight is 229 g/mol. The van der Waals surface area contributed by atoms with Gasteiger partial charge in [0.05, 0.1) is 0 Å². The predicted molar refractivity (Wildman–Crippen MR) is 68.7 cm³/mol. The molecule has 1 aromatic carbocycles. The van der Waals surface area contributed by atoms with E-state index in [0.717, 1.165) is 17.8 Å². The maximum atomic E-state index is 11.4. The van der Waals surface area contributed by atoms with Gasteiger partial charge in [-0.2, -0.15) is 0 Å². The molecule has 0 radical (unpaired) electrons. The van der Waals surface area contributed by atoms with E-state index in [4.69, 9.17) is 0 Å². The summed E-state index contributed by atoms with van der Waals surface area (Å²) in [5.74, 6) is 0.484. The lowest BCUT2D eigenvalue weighted by atomic mass is 10.2. The molecule has 2 N–H and O–H groups in total. The van der Waals surface area contributed by atoms with Crippen LogP contribution >= 0.6 is 0 Å². The first kappa shape index (κ1) is 11.4. The smallest absolute Gasteiger partial charge is 0.252 e. The molecular formula is C13H15N3O. The first-order chi connectivity index (χ1) is 8.17. The zero-order chi connectivity index (χ0) is 12.3. The second-order valence-corrected chi connectivity index (χ2v) is 3.93. The van der Waals surface area contributed by atoms with Gasteiger partial charge in [-0.25, -0.2) is 4.98 Å². The van der Waals surface area contributed by atoms with Gasteiger partial charge in [0.15, 0.2) is 0 Å². The fourth-order valence-electron chi connectivity index (χ4n) is 1.52. The number of hydrogen-bond acceptors (Lipinski definition) is 3. The summed E-state index contributed by atoms with van der Waals surface area (Å²) in [4.78, 5) is 18.3. The maximum Gasteiger partial charge on any atom is 0.252 e. The van der Waals surface area contributed by atoms with Crippen LogP contribution in [0, 0.1) is 6.92 Å². The average Bonchev–Trinajstić information content (AvgIpc) is 2.31. The molecule has 17 heavy (non-hydrogen) atoms. The Morgan fingerprint density at radius 3 is 2.65 bits per heavy atom. The van der Waals surface area contributed by atoms with Crippen LogP contribution < -0.4 is 10.9 Å². The molecule has 0 aliphatic rings. The normalized spacial score (nSPS) is 10.2. The number of rotatable bonds is 3. The lowest BCUT2D eigenvalue weighted by Gasteiger charge is -2.06. The molecule has 2 aromatic rings. The molecule has 1 heterocycles. The van der Waals surface area contributed by atoms with Crippen LogP contribution in [0.1, 0.15) is 18.2 Å². The molecule has 0 fully saturated rings. The topological polar surface area (TPSA) is 57.8 Å². The van der Waals surface area contributed by atoms with Gasteiger partial charge < -0.3 is 5.32 Å². The van der Waals surface area contributed by atoms with E-state index in [9.17, 15) is 4.79 Å². The van der Waals surface area contributed by atoms with Crippen LogP contribution in [0.2, 0.25) is 0 Å². The van der Waals surface area contributed by atoms with Crippen LogP contribution in [-0.4, -0.2) is 9.97 Å².